The monoisotopic (exact) mass is 726 g/mol. The summed E-state index contributed by atoms with van der Waals surface area (Å²) in [5.74, 6) is -0.779. The first-order valence-electron chi connectivity index (χ1n) is 15.3. The summed E-state index contributed by atoms with van der Waals surface area (Å²) in [6.07, 6.45) is 1.45. The van der Waals surface area contributed by atoms with Crippen molar-refractivity contribution in [1.82, 2.24) is 4.98 Å². The van der Waals surface area contributed by atoms with Gasteiger partial charge in [0.1, 0.15) is 42.7 Å². The Morgan fingerprint density at radius 1 is 1.18 bits per heavy atom. The van der Waals surface area contributed by atoms with E-state index in [1.807, 2.05) is 13.8 Å². The topological polar surface area (TPSA) is 149 Å². The van der Waals surface area contributed by atoms with Crippen LogP contribution in [0.1, 0.15) is 37.8 Å². The summed E-state index contributed by atoms with van der Waals surface area (Å²) >= 11 is 6.54. The molecule has 11 nitrogen and oxygen atoms in total. The standard InChI is InChI=1S/C34H32ClFN4O7S2/c1-34(2)46-19-24(47-34)18-45-31-14-28-26(13-29(31)40-32(41)12-25-8-9-49(42,43)48-25)33(21(15-37)16-38-28)39-23-6-7-30(27(35)11-23)44-17-20-4-3-5-22(36)10-20/h3-7,10-11,13-14,16,24-25H,8-9,12,17-19H2,1-2H3,(H,38,39)(H,40,41)/t24-,25?/m1/s1. The number of halogens is 2. The highest BCUT2D eigenvalue weighted by atomic mass is 35.5. The molecule has 3 heterocycles. The molecule has 2 N–H and O–H groups in total. The van der Waals surface area contributed by atoms with E-state index >= 15 is 0 Å². The van der Waals surface area contributed by atoms with E-state index in [9.17, 15) is 22.9 Å². The minimum absolute atomic E-state index is 0.0110. The number of aromatic nitrogens is 1. The Labute approximate surface area is 291 Å². The maximum atomic E-state index is 13.6. The van der Waals surface area contributed by atoms with Gasteiger partial charge in [-0.1, -0.05) is 23.7 Å². The molecular formula is C34H32ClFN4O7S2. The molecule has 0 bridgehead atoms. The Bertz CT molecular complexity index is 2060. The maximum absolute atomic E-state index is 13.6. The van der Waals surface area contributed by atoms with Crippen molar-refractivity contribution in [3.05, 3.63) is 82.8 Å². The van der Waals surface area contributed by atoms with Crippen LogP contribution in [0.3, 0.4) is 0 Å². The molecule has 0 saturated carbocycles. The summed E-state index contributed by atoms with van der Waals surface area (Å²) in [4.78, 5) is 17.7. The highest BCUT2D eigenvalue weighted by Gasteiger charge is 2.34. The van der Waals surface area contributed by atoms with Crippen LogP contribution in [0.5, 0.6) is 11.5 Å². The number of nitrogens with zero attached hydrogens (tertiary/aromatic N) is 2. The molecule has 2 aliphatic rings. The third kappa shape index (κ3) is 8.73. The van der Waals surface area contributed by atoms with Crippen molar-refractivity contribution in [2.45, 2.75) is 50.4 Å². The molecule has 6 rings (SSSR count). The number of carbonyl (C=O) groups is 1. The summed E-state index contributed by atoms with van der Waals surface area (Å²) < 4.78 is 60.9. The van der Waals surface area contributed by atoms with Crippen LogP contribution in [0.4, 0.5) is 21.5 Å². The SMILES string of the molecule is CC1(C)OC[C@@H](COc2cc3ncc(C#N)c(Nc4ccc(OCc5cccc(F)c5)c(Cl)c4)c3cc2NC(=O)CC2CCS(=O)(=O)S2)O1. The van der Waals surface area contributed by atoms with Gasteiger partial charge in [-0.2, -0.15) is 5.26 Å². The van der Waals surface area contributed by atoms with E-state index in [1.165, 1.54) is 18.3 Å². The molecule has 2 fully saturated rings. The van der Waals surface area contributed by atoms with Crippen molar-refractivity contribution >= 4 is 65.1 Å². The molecule has 1 unspecified atom stereocenters. The third-order valence-electron chi connectivity index (χ3n) is 7.73. The molecule has 4 aromatic rings. The molecule has 0 radical (unpaired) electrons. The zero-order chi connectivity index (χ0) is 34.8. The van der Waals surface area contributed by atoms with Crippen LogP contribution in [0.2, 0.25) is 5.02 Å². The first kappa shape index (κ1) is 34.7. The van der Waals surface area contributed by atoms with Gasteiger partial charge in [0.25, 0.3) is 0 Å². The van der Waals surface area contributed by atoms with E-state index in [2.05, 4.69) is 21.7 Å². The fourth-order valence-electron chi connectivity index (χ4n) is 5.44. The minimum atomic E-state index is -3.24. The molecule has 49 heavy (non-hydrogen) atoms. The third-order valence-corrected chi connectivity index (χ3v) is 11.9. The smallest absolute Gasteiger partial charge is 0.225 e. The number of benzene rings is 3. The number of nitrogens with one attached hydrogen (secondary N) is 2. The van der Waals surface area contributed by atoms with E-state index in [0.717, 1.165) is 10.8 Å². The van der Waals surface area contributed by atoms with E-state index in [-0.39, 0.29) is 59.1 Å². The van der Waals surface area contributed by atoms with Gasteiger partial charge in [-0.3, -0.25) is 9.78 Å². The van der Waals surface area contributed by atoms with E-state index in [1.54, 1.807) is 42.5 Å². The second-order valence-corrected chi connectivity index (χ2v) is 16.9. The molecule has 1 aromatic heterocycles. The van der Waals surface area contributed by atoms with Crippen molar-refractivity contribution in [3.63, 3.8) is 0 Å². The van der Waals surface area contributed by atoms with Crippen molar-refractivity contribution in [1.29, 1.82) is 5.26 Å². The van der Waals surface area contributed by atoms with E-state index in [0.29, 0.717) is 58.1 Å². The van der Waals surface area contributed by atoms with Crippen LogP contribution in [0.15, 0.2) is 60.8 Å². The zero-order valence-electron chi connectivity index (χ0n) is 26.5. The van der Waals surface area contributed by atoms with Gasteiger partial charge < -0.3 is 29.6 Å². The van der Waals surface area contributed by atoms with Crippen LogP contribution in [-0.2, 0) is 29.7 Å². The summed E-state index contributed by atoms with van der Waals surface area (Å²) in [6.45, 7) is 4.18. The molecule has 1 amide bonds. The largest absolute Gasteiger partial charge is 0.489 e. The summed E-state index contributed by atoms with van der Waals surface area (Å²) in [5, 5.41) is 16.6. The van der Waals surface area contributed by atoms with Gasteiger partial charge in [0.2, 0.25) is 14.8 Å². The zero-order valence-corrected chi connectivity index (χ0v) is 28.9. The Kier molecular flexibility index (Phi) is 10.2. The number of rotatable bonds is 11. The molecule has 15 heteroatoms. The van der Waals surface area contributed by atoms with Crippen LogP contribution in [0.25, 0.3) is 10.9 Å². The fraction of sp³-hybridized carbons (Fsp3) is 0.324. The number of fused-ring (bicyclic) bond motifs is 1. The average molecular weight is 727 g/mol. The molecule has 2 aliphatic heterocycles. The predicted molar refractivity (Wildman–Crippen MR) is 185 cm³/mol. The summed E-state index contributed by atoms with van der Waals surface area (Å²) in [5.41, 5.74) is 2.60. The number of pyridine rings is 1. The molecular weight excluding hydrogens is 695 g/mol. The minimum Gasteiger partial charge on any atom is -0.489 e. The van der Waals surface area contributed by atoms with Gasteiger partial charge in [0, 0.05) is 35.0 Å². The van der Waals surface area contributed by atoms with Gasteiger partial charge >= 0.3 is 0 Å². The predicted octanol–water partition coefficient (Wildman–Crippen LogP) is 6.92. The van der Waals surface area contributed by atoms with Crippen LogP contribution in [0, 0.1) is 17.1 Å². The van der Waals surface area contributed by atoms with Gasteiger partial charge in [-0.15, -0.1) is 0 Å². The molecule has 3 aromatic carbocycles. The maximum Gasteiger partial charge on any atom is 0.225 e. The number of amides is 1. The Morgan fingerprint density at radius 3 is 2.71 bits per heavy atom. The lowest BCUT2D eigenvalue weighted by atomic mass is 10.1. The van der Waals surface area contributed by atoms with Crippen molar-refractivity contribution in [2.24, 2.45) is 0 Å². The van der Waals surface area contributed by atoms with Gasteiger partial charge in [-0.25, -0.2) is 12.8 Å². The number of hydrogen-bond acceptors (Lipinski definition) is 11. The summed E-state index contributed by atoms with van der Waals surface area (Å²) in [7, 11) is -2.42. The second-order valence-electron chi connectivity index (χ2n) is 12.0. The van der Waals surface area contributed by atoms with Gasteiger partial charge in [0.05, 0.1) is 39.8 Å². The van der Waals surface area contributed by atoms with Crippen LogP contribution >= 0.6 is 22.4 Å². The van der Waals surface area contributed by atoms with Crippen molar-refractivity contribution in [3.8, 4) is 17.6 Å². The number of ether oxygens (including phenoxy) is 4. The van der Waals surface area contributed by atoms with E-state index in [4.69, 9.17) is 30.5 Å². The lowest BCUT2D eigenvalue weighted by molar-refractivity contribution is -0.141. The quantitative estimate of drug-likeness (QED) is 0.155. The average Bonchev–Trinajstić information content (AvgIpc) is 3.58. The van der Waals surface area contributed by atoms with Gasteiger partial charge in [0.15, 0.2) is 5.79 Å². The Balaban J connectivity index is 1.28. The van der Waals surface area contributed by atoms with Gasteiger partial charge in [-0.05, 0) is 73.0 Å². The molecule has 2 saturated heterocycles. The highest BCUT2D eigenvalue weighted by Crippen LogP contribution is 2.39. The Morgan fingerprint density at radius 2 is 2.02 bits per heavy atom. The Hall–Kier alpha value is -4.13. The number of nitriles is 1. The van der Waals surface area contributed by atoms with Crippen molar-refractivity contribution < 1.29 is 36.6 Å². The van der Waals surface area contributed by atoms with Crippen molar-refractivity contribution in [2.75, 3.05) is 29.6 Å². The highest BCUT2D eigenvalue weighted by molar-refractivity contribution is 8.72. The fourth-order valence-corrected chi connectivity index (χ4v) is 9.65. The first-order valence-corrected chi connectivity index (χ1v) is 18.7. The number of anilines is 3. The normalized spacial score (nSPS) is 19.3. The number of hydrogen-bond donors (Lipinski definition) is 2. The lowest BCUT2D eigenvalue weighted by Gasteiger charge is -2.19. The van der Waals surface area contributed by atoms with Crippen LogP contribution in [-0.4, -0.2) is 55.4 Å². The summed E-state index contributed by atoms with van der Waals surface area (Å²) in [6, 6.07) is 16.6. The molecule has 0 aliphatic carbocycles. The second kappa shape index (κ2) is 14.4. The van der Waals surface area contributed by atoms with E-state index < -0.39 is 14.7 Å². The molecule has 0 spiro atoms. The number of carbonyl (C=O) groups excluding carboxylic acids is 1. The molecule has 256 valence electrons. The van der Waals surface area contributed by atoms with Crippen LogP contribution < -0.4 is 20.1 Å². The lowest BCUT2D eigenvalue weighted by Crippen LogP contribution is -2.25. The first-order chi connectivity index (χ1) is 23.4. The molecule has 2 atom stereocenters.